The first-order valence-corrected chi connectivity index (χ1v) is 5.26. The number of carbonyl (C=O) groups is 1. The predicted molar refractivity (Wildman–Crippen MR) is 60.8 cm³/mol. The van der Waals surface area contributed by atoms with Gasteiger partial charge in [0, 0.05) is 19.0 Å². The zero-order valence-corrected chi connectivity index (χ0v) is 8.94. The molecular formula is C13H13NO2. The van der Waals surface area contributed by atoms with Crippen LogP contribution in [0.4, 0.5) is 0 Å². The fourth-order valence-electron chi connectivity index (χ4n) is 1.92. The van der Waals surface area contributed by atoms with Crippen molar-refractivity contribution in [3.8, 4) is 11.8 Å². The average Bonchev–Trinajstić information content (AvgIpc) is 2.28. The second-order valence-electron chi connectivity index (χ2n) is 3.84. The highest BCUT2D eigenvalue weighted by Crippen LogP contribution is 2.17. The van der Waals surface area contributed by atoms with Crippen LogP contribution in [-0.2, 0) is 17.8 Å². The van der Waals surface area contributed by atoms with Gasteiger partial charge in [-0.05, 0) is 17.5 Å². The third kappa shape index (κ3) is 2.62. The van der Waals surface area contributed by atoms with Gasteiger partial charge in [0.1, 0.15) is 0 Å². The Bertz CT molecular complexity index is 456. The van der Waals surface area contributed by atoms with Crippen molar-refractivity contribution in [2.45, 2.75) is 13.0 Å². The second kappa shape index (κ2) is 4.82. The van der Waals surface area contributed by atoms with Crippen LogP contribution in [0.2, 0.25) is 0 Å². The van der Waals surface area contributed by atoms with Gasteiger partial charge in [-0.25, -0.2) is 4.79 Å². The van der Waals surface area contributed by atoms with Gasteiger partial charge >= 0.3 is 5.97 Å². The monoisotopic (exact) mass is 215 g/mol. The van der Waals surface area contributed by atoms with E-state index >= 15 is 0 Å². The van der Waals surface area contributed by atoms with Gasteiger partial charge in [-0.2, -0.15) is 0 Å². The van der Waals surface area contributed by atoms with Crippen LogP contribution in [0.15, 0.2) is 24.3 Å². The number of hydrogen-bond donors (Lipinski definition) is 1. The van der Waals surface area contributed by atoms with Crippen molar-refractivity contribution < 1.29 is 9.90 Å². The molecule has 3 heteroatoms. The first kappa shape index (κ1) is 10.7. The third-order valence-electron chi connectivity index (χ3n) is 2.71. The quantitative estimate of drug-likeness (QED) is 0.714. The average molecular weight is 215 g/mol. The molecular weight excluding hydrogens is 202 g/mol. The molecule has 0 spiro atoms. The highest BCUT2D eigenvalue weighted by atomic mass is 16.4. The predicted octanol–water partition coefficient (Wildman–Crippen LogP) is 1.13. The molecule has 0 aromatic heterocycles. The Morgan fingerprint density at radius 1 is 1.38 bits per heavy atom. The zero-order valence-electron chi connectivity index (χ0n) is 8.94. The van der Waals surface area contributed by atoms with Crippen molar-refractivity contribution >= 4 is 5.97 Å². The standard InChI is InChI=1S/C13H13NO2/c15-13(16)6-3-8-14-9-7-11-4-1-2-5-12(11)10-14/h1-2,4-5H,7-10H2,(H,15,16). The second-order valence-corrected chi connectivity index (χ2v) is 3.84. The molecule has 0 amide bonds. The van der Waals surface area contributed by atoms with Gasteiger partial charge in [0.2, 0.25) is 0 Å². The summed E-state index contributed by atoms with van der Waals surface area (Å²) in [5.74, 6) is 3.75. The lowest BCUT2D eigenvalue weighted by Gasteiger charge is -2.26. The van der Waals surface area contributed by atoms with Gasteiger partial charge in [-0.1, -0.05) is 30.2 Å². The molecule has 0 unspecified atom stereocenters. The molecule has 0 radical (unpaired) electrons. The Balaban J connectivity index is 1.99. The van der Waals surface area contributed by atoms with Gasteiger partial charge in [0.05, 0.1) is 6.54 Å². The molecule has 1 heterocycles. The van der Waals surface area contributed by atoms with E-state index in [1.165, 1.54) is 11.1 Å². The molecule has 1 N–H and O–H groups in total. The number of rotatable bonds is 1. The van der Waals surface area contributed by atoms with Crippen molar-refractivity contribution in [2.24, 2.45) is 0 Å². The van der Waals surface area contributed by atoms with Crippen molar-refractivity contribution in [1.82, 2.24) is 4.90 Å². The van der Waals surface area contributed by atoms with Crippen LogP contribution in [0.1, 0.15) is 11.1 Å². The van der Waals surface area contributed by atoms with Crippen molar-refractivity contribution in [3.63, 3.8) is 0 Å². The number of carboxylic acids is 1. The summed E-state index contributed by atoms with van der Waals surface area (Å²) in [6.45, 7) is 2.34. The normalized spacial score (nSPS) is 14.8. The Labute approximate surface area is 94.7 Å². The van der Waals surface area contributed by atoms with E-state index in [4.69, 9.17) is 5.11 Å². The van der Waals surface area contributed by atoms with Crippen molar-refractivity contribution in [1.29, 1.82) is 0 Å². The van der Waals surface area contributed by atoms with Gasteiger partial charge in [0.25, 0.3) is 0 Å². The summed E-state index contributed by atoms with van der Waals surface area (Å²) in [4.78, 5) is 12.4. The minimum absolute atomic E-state index is 0.528. The van der Waals surface area contributed by atoms with Gasteiger partial charge in [0.15, 0.2) is 0 Å². The summed E-state index contributed by atoms with van der Waals surface area (Å²) >= 11 is 0. The maximum absolute atomic E-state index is 10.2. The zero-order chi connectivity index (χ0) is 11.4. The van der Waals surface area contributed by atoms with E-state index in [1.54, 1.807) is 0 Å². The summed E-state index contributed by atoms with van der Waals surface area (Å²) in [5.41, 5.74) is 2.72. The molecule has 0 aliphatic carbocycles. The van der Waals surface area contributed by atoms with E-state index < -0.39 is 5.97 Å². The summed E-state index contributed by atoms with van der Waals surface area (Å²) < 4.78 is 0. The van der Waals surface area contributed by atoms with Crippen LogP contribution >= 0.6 is 0 Å². The molecule has 1 aliphatic rings. The number of aliphatic carboxylic acids is 1. The first-order valence-electron chi connectivity index (χ1n) is 5.26. The number of hydrogen-bond acceptors (Lipinski definition) is 2. The summed E-state index contributed by atoms with van der Waals surface area (Å²) in [7, 11) is 0. The van der Waals surface area contributed by atoms with Crippen LogP contribution in [0.3, 0.4) is 0 Å². The molecule has 0 saturated carbocycles. The van der Waals surface area contributed by atoms with Crippen LogP contribution < -0.4 is 0 Å². The SMILES string of the molecule is O=C(O)C#CCN1CCc2ccccc2C1. The molecule has 3 nitrogen and oxygen atoms in total. The molecule has 82 valence electrons. The smallest absolute Gasteiger partial charge is 0.381 e. The van der Waals surface area contributed by atoms with E-state index in [0.717, 1.165) is 19.5 Å². The van der Waals surface area contributed by atoms with Crippen LogP contribution in [-0.4, -0.2) is 29.1 Å². The lowest BCUT2D eigenvalue weighted by molar-refractivity contribution is -0.130. The van der Waals surface area contributed by atoms with Gasteiger partial charge < -0.3 is 5.11 Å². The highest BCUT2D eigenvalue weighted by molar-refractivity contribution is 5.86. The fraction of sp³-hybridized carbons (Fsp3) is 0.308. The fourth-order valence-corrected chi connectivity index (χ4v) is 1.92. The van der Waals surface area contributed by atoms with Crippen LogP contribution in [0, 0.1) is 11.8 Å². The largest absolute Gasteiger partial charge is 0.472 e. The summed E-state index contributed by atoms with van der Waals surface area (Å²) in [5, 5.41) is 8.41. The lowest BCUT2D eigenvalue weighted by atomic mass is 10.0. The van der Waals surface area contributed by atoms with Gasteiger partial charge in [-0.3, -0.25) is 4.90 Å². The molecule has 16 heavy (non-hydrogen) atoms. The van der Waals surface area contributed by atoms with Gasteiger partial charge in [-0.15, -0.1) is 0 Å². The summed E-state index contributed by atoms with van der Waals surface area (Å²) in [6, 6.07) is 8.35. The molecule has 2 rings (SSSR count). The summed E-state index contributed by atoms with van der Waals surface area (Å²) in [6.07, 6.45) is 1.02. The molecule has 1 aromatic carbocycles. The molecule has 1 aliphatic heterocycles. The van der Waals surface area contributed by atoms with Crippen molar-refractivity contribution in [3.05, 3.63) is 35.4 Å². The number of benzene rings is 1. The number of nitrogens with zero attached hydrogens (tertiary/aromatic N) is 1. The lowest BCUT2D eigenvalue weighted by Crippen LogP contribution is -2.30. The van der Waals surface area contributed by atoms with E-state index in [1.807, 2.05) is 6.07 Å². The molecule has 0 bridgehead atoms. The number of carboxylic acid groups (broad SMARTS) is 1. The maximum Gasteiger partial charge on any atom is 0.381 e. The van der Waals surface area contributed by atoms with Crippen LogP contribution in [0.25, 0.3) is 0 Å². The van der Waals surface area contributed by atoms with E-state index in [0.29, 0.717) is 6.54 Å². The van der Waals surface area contributed by atoms with E-state index in [-0.39, 0.29) is 0 Å². The molecule has 0 atom stereocenters. The maximum atomic E-state index is 10.2. The first-order chi connectivity index (χ1) is 7.75. The molecule has 1 aromatic rings. The van der Waals surface area contributed by atoms with E-state index in [9.17, 15) is 4.79 Å². The Hall–Kier alpha value is -1.79. The minimum Gasteiger partial charge on any atom is -0.472 e. The minimum atomic E-state index is -1.06. The van der Waals surface area contributed by atoms with E-state index in [2.05, 4.69) is 34.9 Å². The topological polar surface area (TPSA) is 40.5 Å². The third-order valence-corrected chi connectivity index (χ3v) is 2.71. The molecule has 0 fully saturated rings. The van der Waals surface area contributed by atoms with Crippen molar-refractivity contribution in [2.75, 3.05) is 13.1 Å². The Morgan fingerprint density at radius 2 is 2.12 bits per heavy atom. The Kier molecular flexibility index (Phi) is 3.23. The number of fused-ring (bicyclic) bond motifs is 1. The molecule has 0 saturated heterocycles. The Morgan fingerprint density at radius 3 is 2.88 bits per heavy atom. The highest BCUT2D eigenvalue weighted by Gasteiger charge is 2.13. The van der Waals surface area contributed by atoms with Crippen LogP contribution in [0.5, 0.6) is 0 Å².